The standard InChI is InChI=1S/C19H24O2/c1-13(2)16-9-11-18(12-10-16)21-15(4)19(20)17-7-5-14(3)6-8-17/h5-13,15,19-20H,1-4H3. The van der Waals surface area contributed by atoms with Crippen LogP contribution in [-0.4, -0.2) is 11.2 Å². The first-order valence-corrected chi connectivity index (χ1v) is 7.48. The molecule has 2 unspecified atom stereocenters. The van der Waals surface area contributed by atoms with E-state index >= 15 is 0 Å². The molecular formula is C19H24O2. The van der Waals surface area contributed by atoms with E-state index in [4.69, 9.17) is 4.74 Å². The molecule has 1 N–H and O–H groups in total. The molecule has 2 atom stereocenters. The quantitative estimate of drug-likeness (QED) is 0.868. The molecule has 0 aliphatic carbocycles. The first-order valence-electron chi connectivity index (χ1n) is 7.48. The number of hydrogen-bond acceptors (Lipinski definition) is 2. The number of aliphatic hydroxyl groups is 1. The number of aryl methyl sites for hydroxylation is 1. The van der Waals surface area contributed by atoms with Crippen molar-refractivity contribution in [3.8, 4) is 5.75 Å². The zero-order valence-corrected chi connectivity index (χ0v) is 13.2. The molecule has 0 aliphatic heterocycles. The van der Waals surface area contributed by atoms with Crippen molar-refractivity contribution < 1.29 is 9.84 Å². The van der Waals surface area contributed by atoms with Crippen molar-refractivity contribution in [3.63, 3.8) is 0 Å². The average molecular weight is 284 g/mol. The third-order valence-electron chi connectivity index (χ3n) is 3.73. The summed E-state index contributed by atoms with van der Waals surface area (Å²) in [6.07, 6.45) is -0.923. The Kier molecular flexibility index (Phi) is 5.03. The number of ether oxygens (including phenoxy) is 1. The Labute approximate surface area is 127 Å². The fraction of sp³-hybridized carbons (Fsp3) is 0.368. The van der Waals surface area contributed by atoms with E-state index in [1.807, 2.05) is 50.2 Å². The molecule has 2 nitrogen and oxygen atoms in total. The molecule has 0 aromatic heterocycles. The Morgan fingerprint density at radius 3 is 1.86 bits per heavy atom. The number of benzene rings is 2. The van der Waals surface area contributed by atoms with Crippen LogP contribution in [0.3, 0.4) is 0 Å². The zero-order valence-electron chi connectivity index (χ0n) is 13.2. The topological polar surface area (TPSA) is 29.5 Å². The smallest absolute Gasteiger partial charge is 0.126 e. The SMILES string of the molecule is Cc1ccc(C(O)C(C)Oc2ccc(C(C)C)cc2)cc1. The van der Waals surface area contributed by atoms with Crippen molar-refractivity contribution in [3.05, 3.63) is 65.2 Å². The van der Waals surface area contributed by atoms with Crippen LogP contribution in [0.5, 0.6) is 5.75 Å². The van der Waals surface area contributed by atoms with E-state index in [0.29, 0.717) is 5.92 Å². The summed E-state index contributed by atoms with van der Waals surface area (Å²) in [5, 5.41) is 10.4. The van der Waals surface area contributed by atoms with E-state index in [-0.39, 0.29) is 6.10 Å². The Morgan fingerprint density at radius 1 is 0.810 bits per heavy atom. The highest BCUT2D eigenvalue weighted by atomic mass is 16.5. The van der Waals surface area contributed by atoms with Gasteiger partial charge in [-0.1, -0.05) is 55.8 Å². The highest BCUT2D eigenvalue weighted by Crippen LogP contribution is 2.24. The molecule has 0 amide bonds. The molecule has 21 heavy (non-hydrogen) atoms. The molecule has 0 spiro atoms. The molecule has 2 aromatic rings. The number of hydrogen-bond donors (Lipinski definition) is 1. The maximum absolute atomic E-state index is 10.4. The first kappa shape index (κ1) is 15.6. The van der Waals surface area contributed by atoms with Gasteiger partial charge in [-0.25, -0.2) is 0 Å². The van der Waals surface area contributed by atoms with Crippen LogP contribution in [0.2, 0.25) is 0 Å². The van der Waals surface area contributed by atoms with Gasteiger partial charge in [0.15, 0.2) is 0 Å². The molecule has 0 aliphatic rings. The minimum Gasteiger partial charge on any atom is -0.488 e. The van der Waals surface area contributed by atoms with Gasteiger partial charge in [-0.15, -0.1) is 0 Å². The second-order valence-electron chi connectivity index (χ2n) is 5.90. The van der Waals surface area contributed by atoms with Gasteiger partial charge in [-0.05, 0) is 43.0 Å². The third kappa shape index (κ3) is 4.08. The van der Waals surface area contributed by atoms with Crippen LogP contribution in [0.4, 0.5) is 0 Å². The van der Waals surface area contributed by atoms with Gasteiger partial charge < -0.3 is 9.84 Å². The van der Waals surface area contributed by atoms with E-state index < -0.39 is 6.10 Å². The van der Waals surface area contributed by atoms with Crippen LogP contribution < -0.4 is 4.74 Å². The number of aliphatic hydroxyl groups excluding tert-OH is 1. The van der Waals surface area contributed by atoms with Gasteiger partial charge in [0.05, 0.1) is 0 Å². The van der Waals surface area contributed by atoms with Gasteiger partial charge in [0.25, 0.3) is 0 Å². The van der Waals surface area contributed by atoms with Gasteiger partial charge in [0.2, 0.25) is 0 Å². The summed E-state index contributed by atoms with van der Waals surface area (Å²) < 4.78 is 5.85. The zero-order chi connectivity index (χ0) is 15.4. The predicted molar refractivity (Wildman–Crippen MR) is 86.8 cm³/mol. The molecule has 2 rings (SSSR count). The first-order chi connectivity index (χ1) is 9.97. The molecule has 0 heterocycles. The molecule has 0 saturated carbocycles. The molecule has 0 bridgehead atoms. The van der Waals surface area contributed by atoms with Crippen molar-refractivity contribution in [1.82, 2.24) is 0 Å². The van der Waals surface area contributed by atoms with Crippen molar-refractivity contribution in [2.45, 2.75) is 45.8 Å². The van der Waals surface area contributed by atoms with Crippen molar-refractivity contribution in [1.29, 1.82) is 0 Å². The fourth-order valence-electron chi connectivity index (χ4n) is 2.25. The Hall–Kier alpha value is -1.80. The Balaban J connectivity index is 2.03. The van der Waals surface area contributed by atoms with Crippen LogP contribution in [0, 0.1) is 6.92 Å². The second-order valence-corrected chi connectivity index (χ2v) is 5.90. The van der Waals surface area contributed by atoms with E-state index in [1.165, 1.54) is 11.1 Å². The maximum Gasteiger partial charge on any atom is 0.126 e. The summed E-state index contributed by atoms with van der Waals surface area (Å²) in [4.78, 5) is 0. The summed E-state index contributed by atoms with van der Waals surface area (Å²) in [7, 11) is 0. The Morgan fingerprint density at radius 2 is 1.33 bits per heavy atom. The normalized spacial score (nSPS) is 14.0. The lowest BCUT2D eigenvalue weighted by Gasteiger charge is -2.21. The van der Waals surface area contributed by atoms with Gasteiger partial charge in [-0.3, -0.25) is 0 Å². The summed E-state index contributed by atoms with van der Waals surface area (Å²) in [6, 6.07) is 16.0. The molecule has 112 valence electrons. The molecular weight excluding hydrogens is 260 g/mol. The van der Waals surface area contributed by atoms with Crippen LogP contribution >= 0.6 is 0 Å². The molecule has 2 heteroatoms. The molecule has 0 fully saturated rings. The van der Waals surface area contributed by atoms with Gasteiger partial charge >= 0.3 is 0 Å². The summed E-state index contributed by atoms with van der Waals surface area (Å²) in [5.41, 5.74) is 3.35. The van der Waals surface area contributed by atoms with Crippen LogP contribution in [-0.2, 0) is 0 Å². The lowest BCUT2D eigenvalue weighted by Crippen LogP contribution is -2.21. The lowest BCUT2D eigenvalue weighted by molar-refractivity contribution is 0.0467. The second kappa shape index (κ2) is 6.77. The van der Waals surface area contributed by atoms with E-state index in [1.54, 1.807) is 0 Å². The maximum atomic E-state index is 10.4. The van der Waals surface area contributed by atoms with Crippen molar-refractivity contribution >= 4 is 0 Å². The highest BCUT2D eigenvalue weighted by Gasteiger charge is 2.18. The summed E-state index contributed by atoms with van der Waals surface area (Å²) in [6.45, 7) is 8.26. The molecule has 0 radical (unpaired) electrons. The minimum absolute atomic E-state index is 0.294. The van der Waals surface area contributed by atoms with Crippen LogP contribution in [0.15, 0.2) is 48.5 Å². The average Bonchev–Trinajstić information content (AvgIpc) is 2.47. The van der Waals surface area contributed by atoms with E-state index in [0.717, 1.165) is 11.3 Å². The summed E-state index contributed by atoms with van der Waals surface area (Å²) in [5.74, 6) is 1.30. The third-order valence-corrected chi connectivity index (χ3v) is 3.73. The van der Waals surface area contributed by atoms with Gasteiger partial charge in [0, 0.05) is 0 Å². The van der Waals surface area contributed by atoms with Crippen LogP contribution in [0.25, 0.3) is 0 Å². The highest BCUT2D eigenvalue weighted by molar-refractivity contribution is 5.29. The van der Waals surface area contributed by atoms with Gasteiger partial charge in [-0.2, -0.15) is 0 Å². The fourth-order valence-corrected chi connectivity index (χ4v) is 2.25. The largest absolute Gasteiger partial charge is 0.488 e. The van der Waals surface area contributed by atoms with E-state index in [2.05, 4.69) is 26.0 Å². The minimum atomic E-state index is -0.629. The van der Waals surface area contributed by atoms with Gasteiger partial charge in [0.1, 0.15) is 18.0 Å². The van der Waals surface area contributed by atoms with E-state index in [9.17, 15) is 5.11 Å². The molecule has 0 saturated heterocycles. The predicted octanol–water partition coefficient (Wildman–Crippen LogP) is 4.62. The van der Waals surface area contributed by atoms with Crippen LogP contribution in [0.1, 0.15) is 49.5 Å². The molecule has 2 aromatic carbocycles. The lowest BCUT2D eigenvalue weighted by atomic mass is 10.0. The van der Waals surface area contributed by atoms with Crippen molar-refractivity contribution in [2.24, 2.45) is 0 Å². The summed E-state index contributed by atoms with van der Waals surface area (Å²) >= 11 is 0. The Bertz CT molecular complexity index is 555. The number of rotatable bonds is 5. The monoisotopic (exact) mass is 284 g/mol. The van der Waals surface area contributed by atoms with Crippen molar-refractivity contribution in [2.75, 3.05) is 0 Å².